The predicted octanol–water partition coefficient (Wildman–Crippen LogP) is 3.20. The molecule has 0 aliphatic rings. The fraction of sp³-hybridized carbons (Fsp3) is 0.125. The number of thiocarbonyl (C=S) groups is 1. The number of nitrogens with zero attached hydrogens (tertiary/aromatic N) is 1. The lowest BCUT2D eigenvalue weighted by molar-refractivity contribution is 0.284. The zero-order chi connectivity index (χ0) is 16.7. The number of hydrogen-bond acceptors (Lipinski definition) is 4. The van der Waals surface area contributed by atoms with Crippen molar-refractivity contribution in [3.8, 4) is 11.5 Å². The molecule has 5 nitrogen and oxygen atoms in total. The molecule has 0 fully saturated rings. The van der Waals surface area contributed by atoms with E-state index in [2.05, 4.69) is 26.5 Å². The molecule has 23 heavy (non-hydrogen) atoms. The highest BCUT2D eigenvalue weighted by molar-refractivity contribution is 9.10. The zero-order valence-corrected chi connectivity index (χ0v) is 14.9. The normalized spacial score (nSPS) is 10.5. The van der Waals surface area contributed by atoms with Crippen LogP contribution in [0.15, 0.2) is 52.0 Å². The average Bonchev–Trinajstić information content (AvgIpc) is 2.54. The van der Waals surface area contributed by atoms with Crippen LogP contribution in [0.5, 0.6) is 11.5 Å². The molecule has 0 saturated heterocycles. The highest BCUT2D eigenvalue weighted by Gasteiger charge is 2.09. The Bertz CT molecular complexity index is 705. The van der Waals surface area contributed by atoms with Gasteiger partial charge in [-0.2, -0.15) is 5.10 Å². The molecule has 2 rings (SSSR count). The van der Waals surface area contributed by atoms with Gasteiger partial charge in [0.25, 0.3) is 0 Å². The minimum atomic E-state index is 0.0986. The number of halogens is 1. The van der Waals surface area contributed by atoms with Crippen LogP contribution >= 0.6 is 28.1 Å². The second-order valence-electron chi connectivity index (χ2n) is 4.53. The summed E-state index contributed by atoms with van der Waals surface area (Å²) in [4.78, 5) is 0. The van der Waals surface area contributed by atoms with E-state index in [9.17, 15) is 0 Å². The molecule has 120 valence electrons. The van der Waals surface area contributed by atoms with Crippen LogP contribution in [0, 0.1) is 0 Å². The van der Waals surface area contributed by atoms with Crippen molar-refractivity contribution < 1.29 is 9.47 Å². The Labute approximate surface area is 148 Å². The van der Waals surface area contributed by atoms with Gasteiger partial charge in [-0.25, -0.2) is 0 Å². The van der Waals surface area contributed by atoms with Gasteiger partial charge in [0.1, 0.15) is 6.61 Å². The number of hydrogen-bond donors (Lipinski definition) is 2. The third-order valence-electron chi connectivity index (χ3n) is 2.90. The van der Waals surface area contributed by atoms with Crippen molar-refractivity contribution in [2.75, 3.05) is 7.11 Å². The molecule has 3 N–H and O–H groups in total. The maximum absolute atomic E-state index is 5.92. The number of rotatable bonds is 6. The van der Waals surface area contributed by atoms with Gasteiger partial charge in [-0.05, 0) is 42.0 Å². The van der Waals surface area contributed by atoms with Gasteiger partial charge in [-0.1, -0.05) is 34.1 Å². The molecule has 0 aliphatic carbocycles. The van der Waals surface area contributed by atoms with Gasteiger partial charge >= 0.3 is 0 Å². The van der Waals surface area contributed by atoms with Crippen LogP contribution < -0.4 is 20.6 Å². The van der Waals surface area contributed by atoms with Gasteiger partial charge < -0.3 is 15.2 Å². The van der Waals surface area contributed by atoms with Gasteiger partial charge in [-0.3, -0.25) is 5.43 Å². The van der Waals surface area contributed by atoms with Crippen molar-refractivity contribution in [2.24, 2.45) is 10.8 Å². The van der Waals surface area contributed by atoms with E-state index in [1.54, 1.807) is 13.3 Å². The van der Waals surface area contributed by atoms with E-state index in [0.717, 1.165) is 15.6 Å². The third-order valence-corrected chi connectivity index (χ3v) is 3.52. The van der Waals surface area contributed by atoms with Crippen LogP contribution in [0.1, 0.15) is 11.1 Å². The zero-order valence-electron chi connectivity index (χ0n) is 12.5. The van der Waals surface area contributed by atoms with Crippen LogP contribution in [-0.2, 0) is 6.61 Å². The molecule has 7 heteroatoms. The number of nitrogens with one attached hydrogen (secondary N) is 1. The Morgan fingerprint density at radius 1 is 1.30 bits per heavy atom. The standard InChI is InChI=1S/C16H16BrN3O2S/c1-21-14-4-2-3-12(9-19-20-16(18)23)15(14)22-10-11-5-7-13(17)8-6-11/h2-9H,10H2,1H3,(H3,18,20,23)/b19-9-. The Balaban J connectivity index is 2.19. The predicted molar refractivity (Wildman–Crippen MR) is 99.0 cm³/mol. The van der Waals surface area contributed by atoms with Crippen molar-refractivity contribution in [3.05, 3.63) is 58.1 Å². The summed E-state index contributed by atoms with van der Waals surface area (Å²) in [5.74, 6) is 1.23. The molecule has 0 aromatic heterocycles. The topological polar surface area (TPSA) is 68.9 Å². The SMILES string of the molecule is COc1cccc(/C=N\NC(N)=S)c1OCc1ccc(Br)cc1. The quantitative estimate of drug-likeness (QED) is 0.448. The number of methoxy groups -OCH3 is 1. The summed E-state index contributed by atoms with van der Waals surface area (Å²) >= 11 is 8.12. The molecule has 0 unspecified atom stereocenters. The minimum absolute atomic E-state index is 0.0986. The molecule has 0 atom stereocenters. The average molecular weight is 394 g/mol. The molecular weight excluding hydrogens is 378 g/mol. The molecule has 0 amide bonds. The highest BCUT2D eigenvalue weighted by Crippen LogP contribution is 2.30. The lowest BCUT2D eigenvalue weighted by Gasteiger charge is -2.13. The van der Waals surface area contributed by atoms with Crippen molar-refractivity contribution in [3.63, 3.8) is 0 Å². The first-order valence-electron chi connectivity index (χ1n) is 6.73. The second kappa shape index (κ2) is 8.50. The molecule has 0 radical (unpaired) electrons. The lowest BCUT2D eigenvalue weighted by atomic mass is 10.2. The Hall–Kier alpha value is -2.12. The fourth-order valence-corrected chi connectivity index (χ4v) is 2.17. The number of benzene rings is 2. The summed E-state index contributed by atoms with van der Waals surface area (Å²) in [5, 5.41) is 4.06. The molecule has 2 aromatic carbocycles. The fourth-order valence-electron chi connectivity index (χ4n) is 1.85. The molecule has 0 bridgehead atoms. The summed E-state index contributed by atoms with van der Waals surface area (Å²) in [7, 11) is 1.59. The Morgan fingerprint density at radius 3 is 2.70 bits per heavy atom. The summed E-state index contributed by atoms with van der Waals surface area (Å²) in [6.07, 6.45) is 1.58. The van der Waals surface area contributed by atoms with E-state index in [4.69, 9.17) is 27.4 Å². The van der Waals surface area contributed by atoms with Gasteiger partial charge in [-0.15, -0.1) is 0 Å². The first kappa shape index (κ1) is 17.2. The van der Waals surface area contributed by atoms with E-state index in [1.807, 2.05) is 42.5 Å². The van der Waals surface area contributed by atoms with E-state index in [1.165, 1.54) is 0 Å². The number of hydrazone groups is 1. The summed E-state index contributed by atoms with van der Waals surface area (Å²) in [6, 6.07) is 13.5. The third kappa shape index (κ3) is 5.22. The van der Waals surface area contributed by atoms with E-state index >= 15 is 0 Å². The number of ether oxygens (including phenoxy) is 2. The monoisotopic (exact) mass is 393 g/mol. The summed E-state index contributed by atoms with van der Waals surface area (Å²) in [6.45, 7) is 0.414. The molecule has 2 aromatic rings. The van der Waals surface area contributed by atoms with Gasteiger partial charge in [0.15, 0.2) is 16.6 Å². The van der Waals surface area contributed by atoms with Gasteiger partial charge in [0, 0.05) is 10.0 Å². The first-order valence-corrected chi connectivity index (χ1v) is 7.93. The van der Waals surface area contributed by atoms with Gasteiger partial charge in [0.05, 0.1) is 13.3 Å². The largest absolute Gasteiger partial charge is 0.493 e. The van der Waals surface area contributed by atoms with Crippen LogP contribution in [0.4, 0.5) is 0 Å². The van der Waals surface area contributed by atoms with Crippen molar-refractivity contribution in [1.82, 2.24) is 5.43 Å². The smallest absolute Gasteiger partial charge is 0.184 e. The lowest BCUT2D eigenvalue weighted by Crippen LogP contribution is -2.24. The first-order chi connectivity index (χ1) is 11.1. The van der Waals surface area contributed by atoms with Crippen LogP contribution in [0.3, 0.4) is 0 Å². The molecule has 0 spiro atoms. The minimum Gasteiger partial charge on any atom is -0.493 e. The number of nitrogens with two attached hydrogens (primary N) is 1. The van der Waals surface area contributed by atoms with Crippen LogP contribution in [0.25, 0.3) is 0 Å². The Kier molecular flexibility index (Phi) is 6.37. The maximum atomic E-state index is 5.92. The van der Waals surface area contributed by atoms with E-state index < -0.39 is 0 Å². The van der Waals surface area contributed by atoms with Crippen molar-refractivity contribution in [2.45, 2.75) is 6.61 Å². The maximum Gasteiger partial charge on any atom is 0.184 e. The van der Waals surface area contributed by atoms with Crippen molar-refractivity contribution in [1.29, 1.82) is 0 Å². The van der Waals surface area contributed by atoms with Crippen molar-refractivity contribution >= 4 is 39.5 Å². The number of para-hydroxylation sites is 1. The summed E-state index contributed by atoms with van der Waals surface area (Å²) in [5.41, 5.74) is 9.66. The van der Waals surface area contributed by atoms with E-state index in [-0.39, 0.29) is 5.11 Å². The molecular formula is C16H16BrN3O2S. The molecule has 0 aliphatic heterocycles. The second-order valence-corrected chi connectivity index (χ2v) is 5.88. The van der Waals surface area contributed by atoms with Crippen LogP contribution in [0.2, 0.25) is 0 Å². The van der Waals surface area contributed by atoms with E-state index in [0.29, 0.717) is 18.1 Å². The van der Waals surface area contributed by atoms with Gasteiger partial charge in [0.2, 0.25) is 0 Å². The molecule has 0 heterocycles. The Morgan fingerprint density at radius 2 is 2.04 bits per heavy atom. The highest BCUT2D eigenvalue weighted by atomic mass is 79.9. The van der Waals surface area contributed by atoms with Crippen LogP contribution in [-0.4, -0.2) is 18.4 Å². The molecule has 0 saturated carbocycles. The summed E-state index contributed by atoms with van der Waals surface area (Å²) < 4.78 is 12.3.